The number of nitrogens with zero attached hydrogens (tertiary/aromatic N) is 1. The fraction of sp³-hybridized carbons (Fsp3) is 0.556. The lowest BCUT2D eigenvalue weighted by Gasteiger charge is -2.31. The van der Waals surface area contributed by atoms with E-state index in [2.05, 4.69) is 10.6 Å². The van der Waals surface area contributed by atoms with Crippen LogP contribution in [0.25, 0.3) is 0 Å². The van der Waals surface area contributed by atoms with E-state index in [-0.39, 0.29) is 36.5 Å². The fourth-order valence-corrected chi connectivity index (χ4v) is 5.11. The lowest BCUT2D eigenvalue weighted by molar-refractivity contribution is -0.895. The third-order valence-electron chi connectivity index (χ3n) is 5.23. The molecule has 3 amide bonds. The summed E-state index contributed by atoms with van der Waals surface area (Å²) < 4.78 is 39.6. The first-order valence-corrected chi connectivity index (χ1v) is 11.0. The Hall–Kier alpha value is -2.04. The highest BCUT2D eigenvalue weighted by Gasteiger charge is 2.31. The molecule has 1 aromatic carbocycles. The van der Waals surface area contributed by atoms with Gasteiger partial charge in [0.25, 0.3) is 5.91 Å². The number of nitrogens with one attached hydrogen (secondary N) is 3. The second-order valence-electron chi connectivity index (χ2n) is 7.29. The largest absolute Gasteiger partial charge is 0.335 e. The van der Waals surface area contributed by atoms with E-state index < -0.39 is 21.9 Å². The molecule has 8 nitrogen and oxygen atoms in total. The number of carbonyl (C=O) groups excluding carboxylic acids is 2. The molecule has 1 heterocycles. The minimum atomic E-state index is -3.67. The zero-order valence-corrected chi connectivity index (χ0v) is 16.4. The van der Waals surface area contributed by atoms with Crippen LogP contribution < -0.4 is 15.5 Å². The number of halogens is 1. The van der Waals surface area contributed by atoms with E-state index in [0.717, 1.165) is 42.7 Å². The first-order chi connectivity index (χ1) is 13.3. The molecule has 2 fully saturated rings. The van der Waals surface area contributed by atoms with Gasteiger partial charge in [-0.1, -0.05) is 12.8 Å². The molecule has 1 aromatic rings. The summed E-state index contributed by atoms with van der Waals surface area (Å²) in [5, 5.41) is 5.15. The fourth-order valence-electron chi connectivity index (χ4n) is 3.66. The van der Waals surface area contributed by atoms with Gasteiger partial charge in [-0.15, -0.1) is 0 Å². The van der Waals surface area contributed by atoms with Crippen molar-refractivity contribution in [2.75, 3.05) is 32.7 Å². The Balaban J connectivity index is 1.45. The summed E-state index contributed by atoms with van der Waals surface area (Å²) in [4.78, 5) is 24.9. The van der Waals surface area contributed by atoms with E-state index in [1.54, 1.807) is 0 Å². The molecule has 1 aliphatic heterocycles. The molecule has 1 aliphatic carbocycles. The maximum absolute atomic E-state index is 13.0. The molecule has 0 bridgehead atoms. The summed E-state index contributed by atoms with van der Waals surface area (Å²) in [6, 6.07) is 4.42. The van der Waals surface area contributed by atoms with Crippen LogP contribution in [0.15, 0.2) is 29.2 Å². The molecule has 10 heteroatoms. The van der Waals surface area contributed by atoms with E-state index in [9.17, 15) is 22.4 Å². The van der Waals surface area contributed by atoms with Crippen molar-refractivity contribution in [3.05, 3.63) is 30.1 Å². The van der Waals surface area contributed by atoms with Crippen LogP contribution in [0.3, 0.4) is 0 Å². The van der Waals surface area contributed by atoms with Crippen molar-refractivity contribution in [2.24, 2.45) is 0 Å². The third-order valence-corrected chi connectivity index (χ3v) is 7.15. The minimum Gasteiger partial charge on any atom is -0.335 e. The van der Waals surface area contributed by atoms with Gasteiger partial charge in [0.2, 0.25) is 10.0 Å². The first-order valence-electron chi connectivity index (χ1n) is 9.54. The van der Waals surface area contributed by atoms with Gasteiger partial charge in [0, 0.05) is 6.04 Å². The molecule has 28 heavy (non-hydrogen) atoms. The van der Waals surface area contributed by atoms with Crippen LogP contribution in [0, 0.1) is 5.82 Å². The van der Waals surface area contributed by atoms with Gasteiger partial charge in [0.05, 0.1) is 31.1 Å². The normalized spacial score (nSPS) is 19.5. The second kappa shape index (κ2) is 8.97. The molecule has 0 spiro atoms. The number of amides is 3. The Kier molecular flexibility index (Phi) is 6.63. The van der Waals surface area contributed by atoms with Gasteiger partial charge >= 0.3 is 6.03 Å². The van der Waals surface area contributed by atoms with Crippen molar-refractivity contribution in [1.29, 1.82) is 0 Å². The molecular formula is C18H26FN4O4S+. The van der Waals surface area contributed by atoms with Crippen LogP contribution in [0.5, 0.6) is 0 Å². The molecule has 0 unspecified atom stereocenters. The second-order valence-corrected chi connectivity index (χ2v) is 9.23. The van der Waals surface area contributed by atoms with Crippen molar-refractivity contribution in [2.45, 2.75) is 36.6 Å². The van der Waals surface area contributed by atoms with E-state index >= 15 is 0 Å². The van der Waals surface area contributed by atoms with E-state index in [0.29, 0.717) is 13.1 Å². The summed E-state index contributed by atoms with van der Waals surface area (Å²) in [6.45, 7) is 1.55. The summed E-state index contributed by atoms with van der Waals surface area (Å²) >= 11 is 0. The van der Waals surface area contributed by atoms with Crippen LogP contribution >= 0.6 is 0 Å². The maximum atomic E-state index is 13.0. The zero-order chi connectivity index (χ0) is 20.1. The molecular weight excluding hydrogens is 387 g/mol. The van der Waals surface area contributed by atoms with Crippen molar-refractivity contribution >= 4 is 22.0 Å². The smallest absolute Gasteiger partial charge is 0.321 e. The maximum Gasteiger partial charge on any atom is 0.321 e. The number of piperazine rings is 1. The molecule has 3 rings (SSSR count). The van der Waals surface area contributed by atoms with Gasteiger partial charge in [-0.05, 0) is 37.1 Å². The van der Waals surface area contributed by atoms with Gasteiger partial charge in [-0.2, -0.15) is 4.31 Å². The number of carbonyl (C=O) groups is 2. The molecule has 2 aliphatic rings. The van der Waals surface area contributed by atoms with Crippen molar-refractivity contribution in [1.82, 2.24) is 14.9 Å². The highest BCUT2D eigenvalue weighted by Crippen LogP contribution is 2.17. The summed E-state index contributed by atoms with van der Waals surface area (Å²) in [5.74, 6) is -0.864. The number of quaternary nitrogens is 1. The number of hydrogen-bond acceptors (Lipinski definition) is 4. The predicted molar refractivity (Wildman–Crippen MR) is 99.7 cm³/mol. The number of urea groups is 1. The minimum absolute atomic E-state index is 0.0543. The van der Waals surface area contributed by atoms with E-state index in [4.69, 9.17) is 0 Å². The molecule has 0 atom stereocenters. The Morgan fingerprint density at radius 1 is 1.11 bits per heavy atom. The van der Waals surface area contributed by atoms with Crippen LogP contribution in [0.4, 0.5) is 9.18 Å². The molecule has 0 radical (unpaired) electrons. The van der Waals surface area contributed by atoms with Gasteiger partial charge in [0.15, 0.2) is 6.54 Å². The highest BCUT2D eigenvalue weighted by atomic mass is 32.2. The molecule has 0 aromatic heterocycles. The highest BCUT2D eigenvalue weighted by molar-refractivity contribution is 7.89. The number of imide groups is 1. The van der Waals surface area contributed by atoms with Gasteiger partial charge < -0.3 is 10.2 Å². The first kappa shape index (κ1) is 20.7. The SMILES string of the molecule is O=C(C[NH+]1CCN(S(=O)(=O)c2ccc(F)cc2)CC1)NC(=O)NC1CCCC1. The Morgan fingerprint density at radius 2 is 1.71 bits per heavy atom. The monoisotopic (exact) mass is 413 g/mol. The van der Waals surface area contributed by atoms with Crippen LogP contribution in [-0.2, 0) is 14.8 Å². The summed E-state index contributed by atoms with van der Waals surface area (Å²) in [7, 11) is -3.67. The van der Waals surface area contributed by atoms with Gasteiger partial charge in [-0.25, -0.2) is 17.6 Å². The lowest BCUT2D eigenvalue weighted by atomic mass is 10.2. The standard InChI is InChI=1S/C18H25FN4O4S/c19-14-5-7-16(8-6-14)28(26,27)23-11-9-22(10-12-23)13-17(24)21-18(25)20-15-3-1-2-4-15/h5-8,15H,1-4,9-13H2,(H2,20,21,24,25)/p+1. The molecule has 1 saturated heterocycles. The Bertz CT molecular complexity index is 801. The topological polar surface area (TPSA) is 100 Å². The number of hydrogen-bond donors (Lipinski definition) is 3. The molecule has 3 N–H and O–H groups in total. The van der Waals surface area contributed by atoms with Crippen molar-refractivity contribution in [3.63, 3.8) is 0 Å². The van der Waals surface area contributed by atoms with Crippen molar-refractivity contribution in [3.8, 4) is 0 Å². The Labute approximate surface area is 164 Å². The summed E-state index contributed by atoms with van der Waals surface area (Å²) in [6.07, 6.45) is 4.07. The number of sulfonamides is 1. The van der Waals surface area contributed by atoms with Gasteiger partial charge in [0.1, 0.15) is 5.82 Å². The van der Waals surface area contributed by atoms with Gasteiger partial charge in [-0.3, -0.25) is 10.1 Å². The Morgan fingerprint density at radius 3 is 2.32 bits per heavy atom. The average Bonchev–Trinajstić information content (AvgIpc) is 3.15. The number of benzene rings is 1. The average molecular weight is 413 g/mol. The third kappa shape index (κ3) is 5.27. The lowest BCUT2D eigenvalue weighted by Crippen LogP contribution is -3.15. The quantitative estimate of drug-likeness (QED) is 0.605. The molecule has 1 saturated carbocycles. The predicted octanol–water partition coefficient (Wildman–Crippen LogP) is -0.517. The zero-order valence-electron chi connectivity index (χ0n) is 15.6. The summed E-state index contributed by atoms with van der Waals surface area (Å²) in [5.41, 5.74) is 0. The van der Waals surface area contributed by atoms with Crippen LogP contribution in [0.1, 0.15) is 25.7 Å². The van der Waals surface area contributed by atoms with E-state index in [1.165, 1.54) is 16.4 Å². The molecule has 154 valence electrons. The van der Waals surface area contributed by atoms with E-state index in [1.807, 2.05) is 0 Å². The van der Waals surface area contributed by atoms with Crippen molar-refractivity contribution < 1.29 is 27.3 Å². The number of rotatable bonds is 5. The van der Waals surface area contributed by atoms with Crippen LogP contribution in [0.2, 0.25) is 0 Å². The van der Waals surface area contributed by atoms with Crippen LogP contribution in [-0.4, -0.2) is 63.4 Å².